The maximum absolute atomic E-state index is 6.17. The van der Waals surface area contributed by atoms with Crippen LogP contribution in [0.2, 0.25) is 5.15 Å². The molecule has 1 nitrogen and oxygen atoms in total. The molecule has 0 aliphatic rings. The van der Waals surface area contributed by atoms with Gasteiger partial charge in [0.15, 0.2) is 0 Å². The molecule has 0 spiro atoms. The second-order valence-electron chi connectivity index (χ2n) is 3.64. The third-order valence-corrected chi connectivity index (χ3v) is 4.22. The number of benzene rings is 1. The molecule has 2 heterocycles. The van der Waals surface area contributed by atoms with E-state index in [0.29, 0.717) is 5.15 Å². The van der Waals surface area contributed by atoms with Gasteiger partial charge in [-0.25, -0.2) is 4.98 Å². The number of thiophene rings is 1. The molecule has 3 rings (SSSR count). The van der Waals surface area contributed by atoms with Crippen LogP contribution in [0.15, 0.2) is 46.3 Å². The van der Waals surface area contributed by atoms with E-state index in [1.54, 1.807) is 11.3 Å². The largest absolute Gasteiger partial charge is 0.235 e. The van der Waals surface area contributed by atoms with Gasteiger partial charge in [-0.05, 0) is 29.6 Å². The second-order valence-corrected chi connectivity index (χ2v) is 5.86. The molecule has 0 radical (unpaired) electrons. The molecule has 0 saturated carbocycles. The standard InChI is InChI=1S/C13H7BrClNS/c14-9-3-1-8(2-4-9)11-7-12-10(5-6-17-12)13(15)16-11/h1-7H. The Labute approximate surface area is 116 Å². The molecule has 0 aliphatic carbocycles. The van der Waals surface area contributed by atoms with Gasteiger partial charge in [-0.15, -0.1) is 11.3 Å². The number of aromatic nitrogens is 1. The predicted octanol–water partition coefficient (Wildman–Crippen LogP) is 5.38. The smallest absolute Gasteiger partial charge is 0.138 e. The fraction of sp³-hybridized carbons (Fsp3) is 0. The molecule has 0 fully saturated rings. The van der Waals surface area contributed by atoms with Crippen LogP contribution in [0.5, 0.6) is 0 Å². The Morgan fingerprint density at radius 3 is 2.65 bits per heavy atom. The van der Waals surface area contributed by atoms with Crippen molar-refractivity contribution in [3.63, 3.8) is 0 Å². The van der Waals surface area contributed by atoms with E-state index in [1.807, 2.05) is 35.7 Å². The highest BCUT2D eigenvalue weighted by atomic mass is 79.9. The van der Waals surface area contributed by atoms with Crippen molar-refractivity contribution in [2.75, 3.05) is 0 Å². The number of hydrogen-bond donors (Lipinski definition) is 0. The minimum atomic E-state index is 0.571. The SMILES string of the molecule is Clc1nc(-c2ccc(Br)cc2)cc2sccc12. The zero-order chi connectivity index (χ0) is 11.8. The molecule has 17 heavy (non-hydrogen) atoms. The van der Waals surface area contributed by atoms with Crippen LogP contribution in [0.1, 0.15) is 0 Å². The maximum atomic E-state index is 6.17. The lowest BCUT2D eigenvalue weighted by molar-refractivity contribution is 1.36. The lowest BCUT2D eigenvalue weighted by atomic mass is 10.1. The van der Waals surface area contributed by atoms with Crippen molar-refractivity contribution in [2.45, 2.75) is 0 Å². The molecule has 4 heteroatoms. The molecule has 84 valence electrons. The minimum Gasteiger partial charge on any atom is -0.235 e. The molecule has 0 bridgehead atoms. The lowest BCUT2D eigenvalue weighted by Gasteiger charge is -2.02. The summed E-state index contributed by atoms with van der Waals surface area (Å²) in [7, 11) is 0. The van der Waals surface area contributed by atoms with Gasteiger partial charge in [0, 0.05) is 20.1 Å². The first-order valence-electron chi connectivity index (χ1n) is 5.04. The van der Waals surface area contributed by atoms with Crippen LogP contribution in [-0.4, -0.2) is 4.98 Å². The fourth-order valence-corrected chi connectivity index (χ4v) is 3.09. The van der Waals surface area contributed by atoms with E-state index in [2.05, 4.69) is 27.0 Å². The summed E-state index contributed by atoms with van der Waals surface area (Å²) < 4.78 is 2.23. The van der Waals surface area contributed by atoms with Gasteiger partial charge in [0.25, 0.3) is 0 Å². The Bertz CT molecular complexity index is 675. The third kappa shape index (κ3) is 2.10. The molecule has 0 atom stereocenters. The van der Waals surface area contributed by atoms with E-state index >= 15 is 0 Å². The Balaban J connectivity index is 2.20. The molecule has 0 amide bonds. The van der Waals surface area contributed by atoms with Gasteiger partial charge in [0.2, 0.25) is 0 Å². The van der Waals surface area contributed by atoms with Crippen molar-refractivity contribution in [1.82, 2.24) is 4.98 Å². The van der Waals surface area contributed by atoms with Gasteiger partial charge in [-0.2, -0.15) is 0 Å². The van der Waals surface area contributed by atoms with Crippen LogP contribution in [0.4, 0.5) is 0 Å². The van der Waals surface area contributed by atoms with E-state index in [0.717, 1.165) is 21.1 Å². The van der Waals surface area contributed by atoms with Gasteiger partial charge in [0.05, 0.1) is 5.69 Å². The number of halogens is 2. The quantitative estimate of drug-likeness (QED) is 0.548. The molecule has 1 aromatic carbocycles. The average molecular weight is 325 g/mol. The summed E-state index contributed by atoms with van der Waals surface area (Å²) in [5.41, 5.74) is 1.99. The molecule has 0 N–H and O–H groups in total. The Morgan fingerprint density at radius 1 is 1.12 bits per heavy atom. The van der Waals surface area contributed by atoms with Crippen molar-refractivity contribution in [2.24, 2.45) is 0 Å². The number of pyridine rings is 1. The summed E-state index contributed by atoms with van der Waals surface area (Å²) in [6.07, 6.45) is 0. The summed E-state index contributed by atoms with van der Waals surface area (Å²) in [6.45, 7) is 0. The van der Waals surface area contributed by atoms with Crippen molar-refractivity contribution in [3.8, 4) is 11.3 Å². The highest BCUT2D eigenvalue weighted by Crippen LogP contribution is 2.31. The topological polar surface area (TPSA) is 12.9 Å². The van der Waals surface area contributed by atoms with E-state index in [9.17, 15) is 0 Å². The summed E-state index contributed by atoms with van der Waals surface area (Å²) in [6, 6.07) is 12.1. The summed E-state index contributed by atoms with van der Waals surface area (Å²) >= 11 is 11.3. The third-order valence-electron chi connectivity index (χ3n) is 2.54. The minimum absolute atomic E-state index is 0.571. The van der Waals surface area contributed by atoms with Crippen molar-refractivity contribution in [3.05, 3.63) is 51.4 Å². The van der Waals surface area contributed by atoms with E-state index < -0.39 is 0 Å². The van der Waals surface area contributed by atoms with E-state index in [-0.39, 0.29) is 0 Å². The molecule has 0 aliphatic heterocycles. The zero-order valence-electron chi connectivity index (χ0n) is 8.65. The van der Waals surface area contributed by atoms with Gasteiger partial charge in [0.1, 0.15) is 5.15 Å². The monoisotopic (exact) mass is 323 g/mol. The Kier molecular flexibility index (Phi) is 2.90. The molecule has 3 aromatic rings. The summed E-state index contributed by atoms with van der Waals surface area (Å²) in [5.74, 6) is 0. The van der Waals surface area contributed by atoms with Crippen molar-refractivity contribution in [1.29, 1.82) is 0 Å². The maximum Gasteiger partial charge on any atom is 0.138 e. The van der Waals surface area contributed by atoms with Crippen LogP contribution in [0.25, 0.3) is 21.3 Å². The van der Waals surface area contributed by atoms with Gasteiger partial charge in [-0.3, -0.25) is 0 Å². The first kappa shape index (κ1) is 11.2. The molecular formula is C13H7BrClNS. The normalized spacial score (nSPS) is 10.9. The number of hydrogen-bond acceptors (Lipinski definition) is 2. The van der Waals surface area contributed by atoms with Gasteiger partial charge >= 0.3 is 0 Å². The first-order valence-corrected chi connectivity index (χ1v) is 7.09. The zero-order valence-corrected chi connectivity index (χ0v) is 11.8. The van der Waals surface area contributed by atoms with E-state index in [4.69, 9.17) is 11.6 Å². The van der Waals surface area contributed by atoms with Crippen molar-refractivity contribution >= 4 is 49.0 Å². The molecule has 0 unspecified atom stereocenters. The van der Waals surface area contributed by atoms with Crippen LogP contribution in [-0.2, 0) is 0 Å². The van der Waals surface area contributed by atoms with Gasteiger partial charge in [-0.1, -0.05) is 39.7 Å². The molecule has 0 saturated heterocycles. The van der Waals surface area contributed by atoms with Crippen LogP contribution in [0.3, 0.4) is 0 Å². The number of rotatable bonds is 1. The van der Waals surface area contributed by atoms with Crippen molar-refractivity contribution < 1.29 is 0 Å². The summed E-state index contributed by atoms with van der Waals surface area (Å²) in [4.78, 5) is 4.43. The molecular weight excluding hydrogens is 318 g/mol. The Hall–Kier alpha value is -0.900. The molecule has 2 aromatic heterocycles. The Morgan fingerprint density at radius 2 is 1.88 bits per heavy atom. The summed E-state index contributed by atoms with van der Waals surface area (Å²) in [5, 5.41) is 3.63. The van der Waals surface area contributed by atoms with Crippen LogP contribution >= 0.6 is 38.9 Å². The highest BCUT2D eigenvalue weighted by molar-refractivity contribution is 9.10. The van der Waals surface area contributed by atoms with Crippen LogP contribution < -0.4 is 0 Å². The second kappa shape index (κ2) is 4.41. The van der Waals surface area contributed by atoms with Crippen LogP contribution in [0, 0.1) is 0 Å². The highest BCUT2D eigenvalue weighted by Gasteiger charge is 2.06. The first-order chi connectivity index (χ1) is 8.24. The number of fused-ring (bicyclic) bond motifs is 1. The average Bonchev–Trinajstić information content (AvgIpc) is 2.78. The van der Waals surface area contributed by atoms with E-state index in [1.165, 1.54) is 4.70 Å². The number of nitrogens with zero attached hydrogens (tertiary/aromatic N) is 1. The lowest BCUT2D eigenvalue weighted by Crippen LogP contribution is -1.84. The van der Waals surface area contributed by atoms with Gasteiger partial charge < -0.3 is 0 Å². The fourth-order valence-electron chi connectivity index (χ4n) is 1.69. The predicted molar refractivity (Wildman–Crippen MR) is 77.8 cm³/mol.